The number of hydrogen-bond acceptors (Lipinski definition) is 8. The lowest BCUT2D eigenvalue weighted by atomic mass is 10.1. The van der Waals surface area contributed by atoms with E-state index in [1.54, 1.807) is 45.3 Å². The van der Waals surface area contributed by atoms with Gasteiger partial charge in [0.1, 0.15) is 0 Å². The van der Waals surface area contributed by atoms with Gasteiger partial charge in [0.2, 0.25) is 0 Å². The van der Waals surface area contributed by atoms with Crippen LogP contribution in [0.25, 0.3) is 141 Å². The third-order valence-electron chi connectivity index (χ3n) is 12.2. The minimum Gasteiger partial charge on any atom is -0.354 e. The van der Waals surface area contributed by atoms with Crippen molar-refractivity contribution in [1.82, 2.24) is 29.9 Å². The number of fused-ring (bicyclic) bond motifs is 12. The predicted octanol–water partition coefficient (Wildman–Crippen LogP) is 17.7. The first-order chi connectivity index (χ1) is 32.7. The number of thiophene rings is 6. The Bertz CT molecular complexity index is 3570. The van der Waals surface area contributed by atoms with Gasteiger partial charge in [-0.3, -0.25) is 0 Å². The second kappa shape index (κ2) is 15.3. The lowest BCUT2D eigenvalue weighted by Crippen LogP contribution is -1.86. The summed E-state index contributed by atoms with van der Waals surface area (Å²) in [7, 11) is 0. The van der Waals surface area contributed by atoms with Gasteiger partial charge in [-0.05, 0) is 143 Å². The summed E-state index contributed by atoms with van der Waals surface area (Å²) in [5.74, 6) is 0. The van der Waals surface area contributed by atoms with E-state index in [2.05, 4.69) is 187 Å². The summed E-state index contributed by atoms with van der Waals surface area (Å²) in [6, 6.07) is 44.0. The maximum absolute atomic E-state index is 5.29. The van der Waals surface area contributed by atoms with Crippen molar-refractivity contribution >= 4 is 136 Å². The highest BCUT2D eigenvalue weighted by molar-refractivity contribution is 7.25. The van der Waals surface area contributed by atoms with Crippen LogP contribution in [0.15, 0.2) is 143 Å². The van der Waals surface area contributed by atoms with Crippen LogP contribution in [0.1, 0.15) is 22.8 Å². The number of hydrogen-bond donors (Lipinski definition) is 4. The topological polar surface area (TPSA) is 88.9 Å². The van der Waals surface area contributed by atoms with E-state index in [1.165, 1.54) is 39.0 Å². The maximum Gasteiger partial charge on any atom is 0.0745 e. The van der Waals surface area contributed by atoms with Gasteiger partial charge in [-0.15, -0.1) is 68.0 Å². The van der Waals surface area contributed by atoms with Crippen LogP contribution < -0.4 is 0 Å². The smallest absolute Gasteiger partial charge is 0.0745 e. The molecule has 0 fully saturated rings. The summed E-state index contributed by atoms with van der Waals surface area (Å²) >= 11 is 10.6. The molecule has 0 spiro atoms. The monoisotopic (exact) mass is 956 g/mol. The zero-order valence-electron chi connectivity index (χ0n) is 34.5. The van der Waals surface area contributed by atoms with Crippen LogP contribution in [-0.4, -0.2) is 29.9 Å². The third-order valence-corrected chi connectivity index (χ3v) is 18.2. The lowest BCUT2D eigenvalue weighted by Gasteiger charge is -2.04. The molecule has 0 saturated carbocycles. The average Bonchev–Trinajstić information content (AvgIpc) is 4.18. The first-order valence-electron chi connectivity index (χ1n) is 21.3. The molecule has 12 aromatic heterocycles. The van der Waals surface area contributed by atoms with E-state index in [-0.39, 0.29) is 0 Å². The van der Waals surface area contributed by atoms with E-state index in [4.69, 9.17) is 9.97 Å². The van der Waals surface area contributed by atoms with Crippen molar-refractivity contribution in [3.05, 3.63) is 166 Å². The number of nitrogens with zero attached hydrogens (tertiary/aromatic N) is 2. The van der Waals surface area contributed by atoms with Gasteiger partial charge in [-0.25, -0.2) is 9.97 Å². The Morgan fingerprint density at radius 2 is 0.515 bits per heavy atom. The summed E-state index contributed by atoms with van der Waals surface area (Å²) in [6.45, 7) is 0. The molecule has 66 heavy (non-hydrogen) atoms. The zero-order valence-corrected chi connectivity index (χ0v) is 39.4. The molecule has 0 aliphatic carbocycles. The van der Waals surface area contributed by atoms with E-state index in [0.717, 1.165) is 100 Å². The summed E-state index contributed by atoms with van der Waals surface area (Å²) in [4.78, 5) is 35.6. The quantitative estimate of drug-likeness (QED) is 0.128. The van der Waals surface area contributed by atoms with Crippen molar-refractivity contribution in [3.63, 3.8) is 0 Å². The van der Waals surface area contributed by atoms with Crippen LogP contribution in [-0.2, 0) is 0 Å². The van der Waals surface area contributed by atoms with Crippen LogP contribution >= 0.6 is 68.0 Å². The van der Waals surface area contributed by atoms with Gasteiger partial charge in [-0.1, -0.05) is 24.3 Å². The Balaban J connectivity index is 0.947. The summed E-state index contributed by atoms with van der Waals surface area (Å²) in [5.41, 5.74) is 18.9. The molecule has 12 heteroatoms. The highest BCUT2D eigenvalue weighted by atomic mass is 32.1. The van der Waals surface area contributed by atoms with Gasteiger partial charge in [-0.2, -0.15) is 0 Å². The molecular formula is C54H32N6S6. The molecule has 314 valence electrons. The highest BCUT2D eigenvalue weighted by Crippen LogP contribution is 2.46. The molecule has 2 aliphatic heterocycles. The van der Waals surface area contributed by atoms with Gasteiger partial charge in [0, 0.05) is 117 Å². The number of rotatable bonds is 7. The van der Waals surface area contributed by atoms with Crippen molar-refractivity contribution in [2.24, 2.45) is 0 Å². The standard InChI is InChI=1S/C54H32N6S6/c1-5-43(61-25-1)49-29-9-10-30(55-29)50(44-6-2-26-62-44)34-14-18-38(58-34)53(37-17-13-33(49)57-37)47-23-21-41(65-47)42-22-24-48(66-42)54-39-19-15-35(59-39)51(45-7-3-27-63-45)31-11-12-32(56-31)52(46-8-4-28-64-46)36-16-20-40(54)60-36/h1-28,57-60H. The van der Waals surface area contributed by atoms with E-state index < -0.39 is 0 Å². The summed E-state index contributed by atoms with van der Waals surface area (Å²) in [6.07, 6.45) is 8.64. The summed E-state index contributed by atoms with van der Waals surface area (Å²) < 4.78 is 0. The summed E-state index contributed by atoms with van der Waals surface area (Å²) in [5, 5.41) is 8.55. The van der Waals surface area contributed by atoms with Gasteiger partial charge >= 0.3 is 0 Å². The van der Waals surface area contributed by atoms with Crippen molar-refractivity contribution in [2.75, 3.05) is 0 Å². The van der Waals surface area contributed by atoms with Crippen LogP contribution in [0.2, 0.25) is 0 Å². The molecule has 6 nitrogen and oxygen atoms in total. The van der Waals surface area contributed by atoms with Crippen LogP contribution in [0.5, 0.6) is 0 Å². The fourth-order valence-corrected chi connectivity index (χ4v) is 14.8. The van der Waals surface area contributed by atoms with Crippen LogP contribution in [0.3, 0.4) is 0 Å². The van der Waals surface area contributed by atoms with Crippen molar-refractivity contribution in [3.8, 4) is 72.4 Å². The van der Waals surface area contributed by atoms with Crippen molar-refractivity contribution in [1.29, 1.82) is 0 Å². The number of aromatic amines is 4. The molecule has 0 unspecified atom stereocenters. The molecule has 0 atom stereocenters. The minimum absolute atomic E-state index is 0.959. The molecule has 12 bridgehead atoms. The normalized spacial score (nSPS) is 12.4. The van der Waals surface area contributed by atoms with Crippen molar-refractivity contribution in [2.45, 2.75) is 0 Å². The lowest BCUT2D eigenvalue weighted by molar-refractivity contribution is 1.32. The SMILES string of the molecule is C1=Cc2nc1c(-c1cccs1)c1ccc([nH]1)c(-c1ccc(-c3ccc(-c4c5ccc([nH]5)c(-c5cccs5)c5nc(c(-c6cccs6)c6ccc4[nH]6)C=C5)s3)s1)c1ccc([nH]1)c2-c1cccs1. The molecule has 12 aromatic rings. The average molecular weight is 957 g/mol. The fraction of sp³-hybridized carbons (Fsp3) is 0. The third kappa shape index (κ3) is 6.28. The number of nitrogens with one attached hydrogen (secondary N) is 4. The second-order valence-corrected chi connectivity index (χ2v) is 22.0. The van der Waals surface area contributed by atoms with Gasteiger partial charge < -0.3 is 19.9 Å². The Kier molecular flexibility index (Phi) is 8.92. The molecule has 0 saturated heterocycles. The van der Waals surface area contributed by atoms with Crippen LogP contribution in [0.4, 0.5) is 0 Å². The maximum atomic E-state index is 5.29. The van der Waals surface area contributed by atoms with Gasteiger partial charge in [0.05, 0.1) is 22.8 Å². The molecule has 14 heterocycles. The molecule has 2 aliphatic rings. The Hall–Kier alpha value is -6.90. The molecule has 0 amide bonds. The Morgan fingerprint density at radius 1 is 0.258 bits per heavy atom. The molecular weight excluding hydrogens is 925 g/mol. The minimum atomic E-state index is 0.959. The van der Waals surface area contributed by atoms with E-state index >= 15 is 0 Å². The Labute approximate surface area is 401 Å². The largest absolute Gasteiger partial charge is 0.354 e. The predicted molar refractivity (Wildman–Crippen MR) is 288 cm³/mol. The van der Waals surface area contributed by atoms with Gasteiger partial charge in [0.15, 0.2) is 0 Å². The van der Waals surface area contributed by atoms with E-state index in [9.17, 15) is 0 Å². The highest BCUT2D eigenvalue weighted by Gasteiger charge is 2.21. The first kappa shape index (κ1) is 38.4. The number of H-pyrrole nitrogens is 4. The Morgan fingerprint density at radius 3 is 0.773 bits per heavy atom. The van der Waals surface area contributed by atoms with E-state index in [0.29, 0.717) is 0 Å². The van der Waals surface area contributed by atoms with Crippen molar-refractivity contribution < 1.29 is 0 Å². The fourth-order valence-electron chi connectivity index (χ4n) is 9.33. The molecule has 4 N–H and O–H groups in total. The zero-order chi connectivity index (χ0) is 43.3. The van der Waals surface area contributed by atoms with E-state index in [1.807, 2.05) is 22.7 Å². The second-order valence-electron chi connectivity index (χ2n) is 16.1. The molecule has 0 aromatic carbocycles. The molecule has 0 radical (unpaired) electrons. The van der Waals surface area contributed by atoms with Gasteiger partial charge in [0.25, 0.3) is 0 Å². The first-order valence-corrected chi connectivity index (χ1v) is 26.5. The van der Waals surface area contributed by atoms with Crippen LogP contribution in [0, 0.1) is 0 Å². The molecule has 14 rings (SSSR count). The number of aromatic nitrogens is 6.